The molecule has 1 amide bonds. The highest BCUT2D eigenvalue weighted by atomic mass is 16.2. The Labute approximate surface area is 121 Å². The Morgan fingerprint density at radius 3 is 2.65 bits per heavy atom. The monoisotopic (exact) mass is 278 g/mol. The maximum absolute atomic E-state index is 12.7. The molecule has 2 rings (SSSR count). The molecule has 0 aliphatic carbocycles. The minimum atomic E-state index is 0.0915. The fourth-order valence-corrected chi connectivity index (χ4v) is 2.78. The summed E-state index contributed by atoms with van der Waals surface area (Å²) in [6, 6.07) is 0.352. The molecule has 20 heavy (non-hydrogen) atoms. The number of piperidine rings is 1. The molecular weight excluding hydrogens is 252 g/mol. The van der Waals surface area contributed by atoms with Crippen LogP contribution in [0.25, 0.3) is 0 Å². The summed E-state index contributed by atoms with van der Waals surface area (Å²) in [4.78, 5) is 24.3. The standard InChI is InChI=1S/C15H26N4O/c1-11(2)10-19(13-5-7-18(4)8-6-13)15(20)14-9-16-12(3)17-14/h9,11,13H,5-8,10H2,1-4H3,(H,16,17). The average Bonchev–Trinajstić information content (AvgIpc) is 2.83. The zero-order chi connectivity index (χ0) is 14.7. The fourth-order valence-electron chi connectivity index (χ4n) is 2.78. The second kappa shape index (κ2) is 6.39. The van der Waals surface area contributed by atoms with Gasteiger partial charge in [0.15, 0.2) is 0 Å². The summed E-state index contributed by atoms with van der Waals surface area (Å²) < 4.78 is 0. The molecule has 0 atom stereocenters. The van der Waals surface area contributed by atoms with Crippen LogP contribution in [0.2, 0.25) is 0 Å². The van der Waals surface area contributed by atoms with Crippen LogP contribution in [-0.2, 0) is 0 Å². The van der Waals surface area contributed by atoms with Gasteiger partial charge in [-0.3, -0.25) is 4.79 Å². The Balaban J connectivity index is 2.12. The Morgan fingerprint density at radius 1 is 1.50 bits per heavy atom. The fraction of sp³-hybridized carbons (Fsp3) is 0.733. The predicted molar refractivity (Wildman–Crippen MR) is 79.7 cm³/mol. The van der Waals surface area contributed by atoms with Crippen molar-refractivity contribution in [2.45, 2.75) is 39.7 Å². The molecule has 5 nitrogen and oxygen atoms in total. The predicted octanol–water partition coefficient (Wildman–Crippen LogP) is 1.91. The van der Waals surface area contributed by atoms with Crippen LogP contribution in [0.1, 0.15) is 43.0 Å². The van der Waals surface area contributed by atoms with Gasteiger partial charge >= 0.3 is 0 Å². The zero-order valence-corrected chi connectivity index (χ0v) is 13.0. The number of H-pyrrole nitrogens is 1. The topological polar surface area (TPSA) is 52.2 Å². The number of carbonyl (C=O) groups excluding carboxylic acids is 1. The number of carbonyl (C=O) groups is 1. The summed E-state index contributed by atoms with van der Waals surface area (Å²) in [6.45, 7) is 9.13. The number of aromatic nitrogens is 2. The molecule has 0 bridgehead atoms. The van der Waals surface area contributed by atoms with Crippen LogP contribution in [0, 0.1) is 12.8 Å². The van der Waals surface area contributed by atoms with Crippen molar-refractivity contribution in [3.05, 3.63) is 17.7 Å². The third kappa shape index (κ3) is 3.60. The summed E-state index contributed by atoms with van der Waals surface area (Å²) in [7, 11) is 2.14. The highest BCUT2D eigenvalue weighted by molar-refractivity contribution is 5.92. The van der Waals surface area contributed by atoms with Crippen molar-refractivity contribution in [1.29, 1.82) is 0 Å². The second-order valence-electron chi connectivity index (χ2n) is 6.27. The highest BCUT2D eigenvalue weighted by Crippen LogP contribution is 2.19. The van der Waals surface area contributed by atoms with E-state index in [2.05, 4.69) is 35.8 Å². The Morgan fingerprint density at radius 2 is 2.15 bits per heavy atom. The zero-order valence-electron chi connectivity index (χ0n) is 13.0. The van der Waals surface area contributed by atoms with Gasteiger partial charge in [-0.1, -0.05) is 13.8 Å². The second-order valence-corrected chi connectivity index (χ2v) is 6.27. The van der Waals surface area contributed by atoms with E-state index in [0.717, 1.165) is 38.3 Å². The first-order valence-corrected chi connectivity index (χ1v) is 7.48. The number of amides is 1. The van der Waals surface area contributed by atoms with Crippen LogP contribution >= 0.6 is 0 Å². The van der Waals surface area contributed by atoms with Crippen LogP contribution in [0.5, 0.6) is 0 Å². The molecular formula is C15H26N4O. The number of rotatable bonds is 4. The first-order chi connectivity index (χ1) is 9.47. The van der Waals surface area contributed by atoms with E-state index in [1.165, 1.54) is 0 Å². The molecule has 1 aromatic heterocycles. The first-order valence-electron chi connectivity index (χ1n) is 7.48. The molecule has 0 saturated carbocycles. The molecule has 2 heterocycles. The van der Waals surface area contributed by atoms with E-state index in [1.807, 2.05) is 11.8 Å². The van der Waals surface area contributed by atoms with E-state index in [0.29, 0.717) is 17.7 Å². The molecule has 112 valence electrons. The van der Waals surface area contributed by atoms with Crippen LogP contribution in [-0.4, -0.2) is 58.4 Å². The van der Waals surface area contributed by atoms with Crippen LogP contribution < -0.4 is 0 Å². The summed E-state index contributed by atoms with van der Waals surface area (Å²) >= 11 is 0. The molecule has 1 aliphatic rings. The minimum absolute atomic E-state index is 0.0915. The maximum Gasteiger partial charge on any atom is 0.272 e. The largest absolute Gasteiger partial charge is 0.338 e. The van der Waals surface area contributed by atoms with Crippen molar-refractivity contribution < 1.29 is 4.79 Å². The van der Waals surface area contributed by atoms with Gasteiger partial charge in [-0.25, -0.2) is 4.98 Å². The van der Waals surface area contributed by atoms with Gasteiger partial charge in [-0.15, -0.1) is 0 Å². The third-order valence-corrected chi connectivity index (χ3v) is 3.88. The Kier molecular flexibility index (Phi) is 4.81. The molecule has 0 unspecified atom stereocenters. The quantitative estimate of drug-likeness (QED) is 0.915. The lowest BCUT2D eigenvalue weighted by Gasteiger charge is -2.38. The summed E-state index contributed by atoms with van der Waals surface area (Å²) in [5, 5.41) is 0. The normalized spacial score (nSPS) is 17.6. The van der Waals surface area contributed by atoms with Crippen LogP contribution in [0.15, 0.2) is 6.20 Å². The van der Waals surface area contributed by atoms with Gasteiger partial charge in [-0.2, -0.15) is 0 Å². The lowest BCUT2D eigenvalue weighted by atomic mass is 10.0. The van der Waals surface area contributed by atoms with Crippen molar-refractivity contribution >= 4 is 5.91 Å². The Hall–Kier alpha value is -1.36. The number of likely N-dealkylation sites (tertiary alicyclic amines) is 1. The molecule has 1 saturated heterocycles. The summed E-state index contributed by atoms with van der Waals surface area (Å²) in [6.07, 6.45) is 3.77. The molecule has 0 radical (unpaired) electrons. The minimum Gasteiger partial charge on any atom is -0.338 e. The van der Waals surface area contributed by atoms with Crippen molar-refractivity contribution in [3.63, 3.8) is 0 Å². The molecule has 5 heteroatoms. The van der Waals surface area contributed by atoms with Gasteiger partial charge in [0.2, 0.25) is 0 Å². The SMILES string of the molecule is Cc1ncc(C(=O)N(CC(C)C)C2CCN(C)CC2)[nH]1. The van der Waals surface area contributed by atoms with Crippen molar-refractivity contribution in [3.8, 4) is 0 Å². The summed E-state index contributed by atoms with van der Waals surface area (Å²) in [5.41, 5.74) is 0.613. The number of hydrogen-bond acceptors (Lipinski definition) is 3. The number of nitrogens with zero attached hydrogens (tertiary/aromatic N) is 3. The average molecular weight is 278 g/mol. The number of aromatic amines is 1. The molecule has 0 aromatic carbocycles. The summed E-state index contributed by atoms with van der Waals surface area (Å²) in [5.74, 6) is 1.36. The molecule has 1 aromatic rings. The number of nitrogens with one attached hydrogen (secondary N) is 1. The van der Waals surface area contributed by atoms with Crippen LogP contribution in [0.4, 0.5) is 0 Å². The van der Waals surface area contributed by atoms with Gasteiger partial charge in [0.05, 0.1) is 6.20 Å². The van der Waals surface area contributed by atoms with Gasteiger partial charge in [-0.05, 0) is 45.8 Å². The van der Waals surface area contributed by atoms with Crippen LogP contribution in [0.3, 0.4) is 0 Å². The number of imidazole rings is 1. The maximum atomic E-state index is 12.7. The Bertz CT molecular complexity index is 446. The number of aryl methyl sites for hydroxylation is 1. The van der Waals surface area contributed by atoms with Crippen molar-refractivity contribution in [2.75, 3.05) is 26.7 Å². The highest BCUT2D eigenvalue weighted by Gasteiger charge is 2.28. The van der Waals surface area contributed by atoms with E-state index >= 15 is 0 Å². The van der Waals surface area contributed by atoms with E-state index in [4.69, 9.17) is 0 Å². The van der Waals surface area contributed by atoms with Gasteiger partial charge in [0.1, 0.15) is 11.5 Å². The van der Waals surface area contributed by atoms with Crippen molar-refractivity contribution in [2.24, 2.45) is 5.92 Å². The molecule has 1 N–H and O–H groups in total. The third-order valence-electron chi connectivity index (χ3n) is 3.88. The lowest BCUT2D eigenvalue weighted by Crippen LogP contribution is -2.48. The van der Waals surface area contributed by atoms with Gasteiger partial charge < -0.3 is 14.8 Å². The lowest BCUT2D eigenvalue weighted by molar-refractivity contribution is 0.0554. The van der Waals surface area contributed by atoms with Gasteiger partial charge in [0.25, 0.3) is 5.91 Å². The van der Waals surface area contributed by atoms with E-state index in [-0.39, 0.29) is 5.91 Å². The van der Waals surface area contributed by atoms with E-state index < -0.39 is 0 Å². The van der Waals surface area contributed by atoms with E-state index in [1.54, 1.807) is 6.20 Å². The first kappa shape index (κ1) is 15.0. The molecule has 0 spiro atoms. The van der Waals surface area contributed by atoms with Crippen molar-refractivity contribution in [1.82, 2.24) is 19.8 Å². The smallest absolute Gasteiger partial charge is 0.272 e. The van der Waals surface area contributed by atoms with E-state index in [9.17, 15) is 4.79 Å². The number of hydrogen-bond donors (Lipinski definition) is 1. The van der Waals surface area contributed by atoms with Gasteiger partial charge in [0, 0.05) is 12.6 Å². The molecule has 1 fully saturated rings. The molecule has 1 aliphatic heterocycles.